The molecule has 0 bridgehead atoms. The molecule has 2 amide bonds. The molecule has 0 unspecified atom stereocenters. The van der Waals surface area contributed by atoms with Gasteiger partial charge in [-0.15, -0.1) is 0 Å². The molecule has 258 valence electrons. The number of phenolic OH excluding ortho intramolecular Hbond substituents is 1. The Morgan fingerprint density at radius 3 is 2.67 bits per heavy atom. The molecule has 0 saturated carbocycles. The summed E-state index contributed by atoms with van der Waals surface area (Å²) in [6.07, 6.45) is 0.573. The number of hydrogen-bond acceptors (Lipinski definition) is 13. The maximum absolute atomic E-state index is 13.2. The molecule has 4 heterocycles. The van der Waals surface area contributed by atoms with E-state index in [1.807, 2.05) is 19.9 Å². The number of ether oxygens (including phenoxy) is 3. The quantitative estimate of drug-likeness (QED) is 0.117. The van der Waals surface area contributed by atoms with Crippen molar-refractivity contribution in [2.75, 3.05) is 19.4 Å². The van der Waals surface area contributed by atoms with E-state index in [-0.39, 0.29) is 54.9 Å². The molecule has 2 aliphatic rings. The summed E-state index contributed by atoms with van der Waals surface area (Å²) in [5.74, 6) is -1.18. The molecule has 1 fully saturated rings. The molecule has 1 aromatic carbocycles. The number of nitrogens with zero attached hydrogens (tertiary/aromatic N) is 4. The molecule has 7 N–H and O–H groups in total. The van der Waals surface area contributed by atoms with Crippen LogP contribution in [-0.4, -0.2) is 90.6 Å². The first-order chi connectivity index (χ1) is 22.8. The number of phenols is 1. The highest BCUT2D eigenvalue weighted by Crippen LogP contribution is 2.42. The van der Waals surface area contributed by atoms with Gasteiger partial charge in [0, 0.05) is 24.1 Å². The van der Waals surface area contributed by atoms with E-state index in [1.54, 1.807) is 13.8 Å². The summed E-state index contributed by atoms with van der Waals surface area (Å²) in [4.78, 5) is 50.5. The number of benzene rings is 1. The van der Waals surface area contributed by atoms with Gasteiger partial charge >= 0.3 is 5.97 Å². The number of hydrogen-bond donors (Lipinski definition) is 6. The summed E-state index contributed by atoms with van der Waals surface area (Å²) in [5.41, 5.74) is 9.30. The zero-order valence-corrected chi connectivity index (χ0v) is 27.4. The number of cyclic esters (lactones) is 1. The van der Waals surface area contributed by atoms with Crippen LogP contribution in [0.3, 0.4) is 0 Å². The Kier molecular flexibility index (Phi) is 10.2. The van der Waals surface area contributed by atoms with E-state index in [9.17, 15) is 29.7 Å². The van der Waals surface area contributed by atoms with Gasteiger partial charge in [0.25, 0.3) is 0 Å². The smallest absolute Gasteiger partial charge is 0.342 e. The van der Waals surface area contributed by atoms with Crippen molar-refractivity contribution in [3.05, 3.63) is 46.6 Å². The Labute approximate surface area is 276 Å². The van der Waals surface area contributed by atoms with Gasteiger partial charge in [0.15, 0.2) is 17.7 Å². The number of allylic oxidation sites excluding steroid dienone is 2. The molecule has 5 rings (SSSR count). The van der Waals surface area contributed by atoms with Crippen molar-refractivity contribution >= 4 is 34.8 Å². The average Bonchev–Trinajstić information content (AvgIpc) is 3.74. The van der Waals surface area contributed by atoms with Crippen LogP contribution in [0.2, 0.25) is 0 Å². The van der Waals surface area contributed by atoms with Gasteiger partial charge in [-0.05, 0) is 38.2 Å². The summed E-state index contributed by atoms with van der Waals surface area (Å²) < 4.78 is 18.0. The second kappa shape index (κ2) is 14.1. The standard InChI is InChI=1S/C32H41N7O9/c1-14(2)22(30(44)34-10-19-25(42)26(43)31(48-19)39-13-37-23-28(33)35-12-36-29(23)39)38-20(40)9-7-15(3)6-8-17-24(41)21-18(11-47-32(21)45)16(4)27(17)46-5/h6,12-14,19,22,25-26,31,41-43H,7-11H2,1-5H3,(H,34,44)(H,38,40)(H2,33,35,36)/b15-6+/t19-,22-,25-,26-,31-/m1/s1. The number of aromatic hydroxyl groups is 1. The van der Waals surface area contributed by atoms with Crippen LogP contribution in [0.4, 0.5) is 5.82 Å². The number of aromatic nitrogens is 4. The Bertz CT molecular complexity index is 1760. The first-order valence-corrected chi connectivity index (χ1v) is 15.6. The lowest BCUT2D eigenvalue weighted by molar-refractivity contribution is -0.130. The third kappa shape index (κ3) is 6.63. The van der Waals surface area contributed by atoms with Gasteiger partial charge in [-0.2, -0.15) is 0 Å². The van der Waals surface area contributed by atoms with Gasteiger partial charge in [-0.25, -0.2) is 19.7 Å². The zero-order valence-electron chi connectivity index (χ0n) is 27.4. The molecular weight excluding hydrogens is 626 g/mol. The summed E-state index contributed by atoms with van der Waals surface area (Å²) in [7, 11) is 1.50. The van der Waals surface area contributed by atoms with E-state index in [4.69, 9.17) is 19.9 Å². The lowest BCUT2D eigenvalue weighted by atomic mass is 9.94. The van der Waals surface area contributed by atoms with Gasteiger partial charge < -0.3 is 45.9 Å². The van der Waals surface area contributed by atoms with Crippen LogP contribution in [0.1, 0.15) is 66.9 Å². The number of carbonyl (C=O) groups is 3. The van der Waals surface area contributed by atoms with Crippen molar-refractivity contribution in [2.24, 2.45) is 5.92 Å². The molecular formula is C32H41N7O9. The third-order valence-electron chi connectivity index (χ3n) is 8.79. The minimum Gasteiger partial charge on any atom is -0.507 e. The molecule has 48 heavy (non-hydrogen) atoms. The number of amides is 2. The average molecular weight is 668 g/mol. The molecule has 3 aromatic rings. The Morgan fingerprint density at radius 2 is 1.96 bits per heavy atom. The number of nitrogens with two attached hydrogens (primary N) is 1. The number of carbonyl (C=O) groups excluding carboxylic acids is 3. The fraction of sp³-hybridized carbons (Fsp3) is 0.500. The number of methoxy groups -OCH3 is 1. The lowest BCUT2D eigenvalue weighted by Gasteiger charge is -2.23. The van der Waals surface area contributed by atoms with Crippen LogP contribution >= 0.6 is 0 Å². The van der Waals surface area contributed by atoms with Gasteiger partial charge in [-0.1, -0.05) is 25.5 Å². The van der Waals surface area contributed by atoms with E-state index in [2.05, 4.69) is 25.6 Å². The van der Waals surface area contributed by atoms with Crippen molar-refractivity contribution in [3.8, 4) is 11.5 Å². The van der Waals surface area contributed by atoms with Gasteiger partial charge in [0.05, 0.1) is 13.4 Å². The van der Waals surface area contributed by atoms with Crippen molar-refractivity contribution in [1.29, 1.82) is 0 Å². The number of imidazole rings is 1. The lowest BCUT2D eigenvalue weighted by Crippen LogP contribution is -2.51. The number of aliphatic hydroxyl groups is 2. The first-order valence-electron chi connectivity index (χ1n) is 15.6. The van der Waals surface area contributed by atoms with E-state index in [0.717, 1.165) is 11.1 Å². The highest BCUT2D eigenvalue weighted by molar-refractivity contribution is 5.98. The number of aliphatic hydroxyl groups excluding tert-OH is 2. The second-order valence-corrected chi connectivity index (χ2v) is 12.3. The molecule has 1 saturated heterocycles. The minimum atomic E-state index is -1.34. The van der Waals surface area contributed by atoms with Crippen LogP contribution in [0, 0.1) is 12.8 Å². The van der Waals surface area contributed by atoms with Crippen molar-refractivity contribution in [2.45, 2.75) is 84.1 Å². The number of fused-ring (bicyclic) bond motifs is 2. The predicted octanol–water partition coefficient (Wildman–Crippen LogP) is 0.947. The summed E-state index contributed by atoms with van der Waals surface area (Å²) in [5, 5.41) is 37.7. The summed E-state index contributed by atoms with van der Waals surface area (Å²) in [6, 6.07) is -0.867. The van der Waals surface area contributed by atoms with E-state index < -0.39 is 42.5 Å². The van der Waals surface area contributed by atoms with Crippen molar-refractivity contribution < 1.29 is 43.9 Å². The molecule has 0 aliphatic carbocycles. The summed E-state index contributed by atoms with van der Waals surface area (Å²) in [6.45, 7) is 7.20. The van der Waals surface area contributed by atoms with Crippen LogP contribution < -0.4 is 21.1 Å². The van der Waals surface area contributed by atoms with E-state index in [0.29, 0.717) is 34.5 Å². The Morgan fingerprint density at radius 1 is 1.21 bits per heavy atom. The van der Waals surface area contributed by atoms with E-state index in [1.165, 1.54) is 24.3 Å². The number of esters is 1. The SMILES string of the molecule is COc1c(C)c2c(c(O)c1C/C=C(\C)CCC(=O)N[C@@H](C(=O)NC[C@H]1O[C@@H](n3cnc4c(N)ncnc43)[C@H](O)[C@@H]1O)C(C)C)C(=O)OC2. The van der Waals surface area contributed by atoms with E-state index >= 15 is 0 Å². The minimum absolute atomic E-state index is 0.0832. The van der Waals surface area contributed by atoms with Crippen molar-refractivity contribution in [3.63, 3.8) is 0 Å². The molecule has 16 nitrogen and oxygen atoms in total. The van der Waals surface area contributed by atoms with Crippen LogP contribution in [-0.2, 0) is 32.1 Å². The maximum atomic E-state index is 13.2. The van der Waals surface area contributed by atoms with Gasteiger partial charge in [0.1, 0.15) is 59.9 Å². The number of rotatable bonds is 12. The van der Waals surface area contributed by atoms with Crippen molar-refractivity contribution in [1.82, 2.24) is 30.2 Å². The zero-order chi connectivity index (χ0) is 34.9. The third-order valence-corrected chi connectivity index (χ3v) is 8.79. The molecule has 0 radical (unpaired) electrons. The molecule has 0 spiro atoms. The maximum Gasteiger partial charge on any atom is 0.342 e. The summed E-state index contributed by atoms with van der Waals surface area (Å²) >= 11 is 0. The first kappa shape index (κ1) is 34.5. The highest BCUT2D eigenvalue weighted by atomic mass is 16.6. The Balaban J connectivity index is 1.15. The molecule has 2 aromatic heterocycles. The highest BCUT2D eigenvalue weighted by Gasteiger charge is 2.44. The van der Waals surface area contributed by atoms with Gasteiger partial charge in [-0.3, -0.25) is 14.2 Å². The number of anilines is 1. The fourth-order valence-electron chi connectivity index (χ4n) is 5.99. The molecule has 2 aliphatic heterocycles. The Hall–Kier alpha value is -4.80. The molecule has 16 heteroatoms. The largest absolute Gasteiger partial charge is 0.507 e. The number of nitrogens with one attached hydrogen (secondary N) is 2. The topological polar surface area (TPSA) is 233 Å². The normalized spacial score (nSPS) is 21.3. The molecule has 5 atom stereocenters. The van der Waals surface area contributed by atoms with Crippen LogP contribution in [0.25, 0.3) is 11.2 Å². The van der Waals surface area contributed by atoms with Gasteiger partial charge in [0.2, 0.25) is 11.8 Å². The number of nitrogen functional groups attached to an aromatic ring is 1. The van der Waals surface area contributed by atoms with Crippen LogP contribution in [0.15, 0.2) is 24.3 Å². The monoisotopic (exact) mass is 667 g/mol. The van der Waals surface area contributed by atoms with Crippen LogP contribution in [0.5, 0.6) is 11.5 Å². The second-order valence-electron chi connectivity index (χ2n) is 12.3. The fourth-order valence-corrected chi connectivity index (χ4v) is 5.99. The predicted molar refractivity (Wildman–Crippen MR) is 171 cm³/mol.